The van der Waals surface area contributed by atoms with E-state index in [1.54, 1.807) is 0 Å². The maximum atomic E-state index is 12.6. The van der Waals surface area contributed by atoms with Gasteiger partial charge in [-0.1, -0.05) is 44.9 Å². The van der Waals surface area contributed by atoms with Crippen molar-refractivity contribution < 1.29 is 4.79 Å². The van der Waals surface area contributed by atoms with E-state index in [-0.39, 0.29) is 5.91 Å². The van der Waals surface area contributed by atoms with Crippen molar-refractivity contribution in [2.45, 2.75) is 40.0 Å². The van der Waals surface area contributed by atoms with Crippen molar-refractivity contribution in [3.8, 4) is 0 Å². The molecule has 3 heteroatoms. The molecule has 0 fully saturated rings. The van der Waals surface area contributed by atoms with Crippen LogP contribution in [-0.4, -0.2) is 28.9 Å². The number of hydrogen-bond acceptors (Lipinski definition) is 1. The van der Waals surface area contributed by atoms with Crippen LogP contribution in [0.4, 0.5) is 0 Å². The number of fused-ring (bicyclic) bond motifs is 1. The molecule has 2 rings (SSSR count). The van der Waals surface area contributed by atoms with Gasteiger partial charge in [0.1, 0.15) is 0 Å². The Morgan fingerprint density at radius 1 is 1.19 bits per heavy atom. The molecular formula is C18H26N2O. The lowest BCUT2D eigenvalue weighted by atomic mass is 10.0. The Balaban J connectivity index is 2.08. The van der Waals surface area contributed by atoms with Gasteiger partial charge in [0.25, 0.3) is 0 Å². The number of nitrogens with one attached hydrogen (secondary N) is 1. The van der Waals surface area contributed by atoms with Gasteiger partial charge in [0.15, 0.2) is 0 Å². The summed E-state index contributed by atoms with van der Waals surface area (Å²) in [6.45, 7) is 8.14. The fourth-order valence-electron chi connectivity index (χ4n) is 2.82. The van der Waals surface area contributed by atoms with Gasteiger partial charge in [0.05, 0.1) is 6.42 Å². The lowest BCUT2D eigenvalue weighted by Crippen LogP contribution is -2.36. The van der Waals surface area contributed by atoms with E-state index in [0.717, 1.165) is 42.4 Å². The summed E-state index contributed by atoms with van der Waals surface area (Å²) in [5, 5.41) is 1.16. The second-order valence-electron chi connectivity index (χ2n) is 5.65. The number of aromatic amines is 1. The van der Waals surface area contributed by atoms with Crippen LogP contribution in [0, 0.1) is 5.92 Å². The highest BCUT2D eigenvalue weighted by atomic mass is 16.2. The Labute approximate surface area is 127 Å². The van der Waals surface area contributed by atoms with E-state index in [0.29, 0.717) is 12.3 Å². The minimum atomic E-state index is 0.231. The van der Waals surface area contributed by atoms with Crippen molar-refractivity contribution in [1.82, 2.24) is 9.88 Å². The fraction of sp³-hybridized carbons (Fsp3) is 0.500. The Kier molecular flexibility index (Phi) is 5.43. The molecule has 1 N–H and O–H groups in total. The highest BCUT2D eigenvalue weighted by Crippen LogP contribution is 2.19. The molecule has 0 saturated carbocycles. The van der Waals surface area contributed by atoms with E-state index in [2.05, 4.69) is 31.8 Å². The lowest BCUT2D eigenvalue weighted by molar-refractivity contribution is -0.130. The molecule has 0 aliphatic rings. The third kappa shape index (κ3) is 3.66. The predicted molar refractivity (Wildman–Crippen MR) is 88.3 cm³/mol. The Morgan fingerprint density at radius 2 is 1.90 bits per heavy atom. The zero-order valence-corrected chi connectivity index (χ0v) is 13.4. The lowest BCUT2D eigenvalue weighted by Gasteiger charge is -2.25. The van der Waals surface area contributed by atoms with Crippen LogP contribution >= 0.6 is 0 Å². The molecule has 1 amide bonds. The third-order valence-electron chi connectivity index (χ3n) is 4.38. The Hall–Kier alpha value is -1.77. The second-order valence-corrected chi connectivity index (χ2v) is 5.65. The number of carbonyl (C=O) groups excluding carboxylic acids is 1. The van der Waals surface area contributed by atoms with Gasteiger partial charge in [0.2, 0.25) is 5.91 Å². The molecule has 0 radical (unpaired) electrons. The standard InChI is InChI=1S/C18H26N2O/c1-4-14(5-2)13-20(6-3)18(21)11-15-12-19-17-10-8-7-9-16(15)17/h7-10,12,14,19H,4-6,11,13H2,1-3H3. The minimum Gasteiger partial charge on any atom is -0.361 e. The molecule has 21 heavy (non-hydrogen) atoms. The highest BCUT2D eigenvalue weighted by molar-refractivity contribution is 5.88. The Morgan fingerprint density at radius 3 is 2.57 bits per heavy atom. The van der Waals surface area contributed by atoms with Gasteiger partial charge < -0.3 is 9.88 Å². The molecule has 0 bridgehead atoms. The first kappa shape index (κ1) is 15.6. The first-order valence-corrected chi connectivity index (χ1v) is 8.02. The molecule has 2 aromatic rings. The van der Waals surface area contributed by atoms with Crippen LogP contribution in [0.1, 0.15) is 39.2 Å². The van der Waals surface area contributed by atoms with Crippen LogP contribution in [0.15, 0.2) is 30.5 Å². The summed E-state index contributed by atoms with van der Waals surface area (Å²) in [7, 11) is 0. The van der Waals surface area contributed by atoms with Crippen molar-refractivity contribution in [1.29, 1.82) is 0 Å². The third-order valence-corrected chi connectivity index (χ3v) is 4.38. The van der Waals surface area contributed by atoms with Crippen LogP contribution in [0.5, 0.6) is 0 Å². The number of rotatable bonds is 7. The van der Waals surface area contributed by atoms with Gasteiger partial charge in [0, 0.05) is 30.2 Å². The highest BCUT2D eigenvalue weighted by Gasteiger charge is 2.17. The SMILES string of the molecule is CCC(CC)CN(CC)C(=O)Cc1c[nH]c2ccccc12. The molecule has 0 atom stereocenters. The zero-order valence-electron chi connectivity index (χ0n) is 13.4. The first-order chi connectivity index (χ1) is 10.2. The van der Waals surface area contributed by atoms with Gasteiger partial charge >= 0.3 is 0 Å². The minimum absolute atomic E-state index is 0.231. The van der Waals surface area contributed by atoms with Crippen LogP contribution in [0.25, 0.3) is 10.9 Å². The Bertz CT molecular complexity index is 584. The number of amides is 1. The van der Waals surface area contributed by atoms with Crippen molar-refractivity contribution in [3.63, 3.8) is 0 Å². The molecule has 1 aromatic heterocycles. The van der Waals surface area contributed by atoms with Crippen molar-refractivity contribution in [3.05, 3.63) is 36.0 Å². The molecule has 0 unspecified atom stereocenters. The molecule has 0 aliphatic carbocycles. The van der Waals surface area contributed by atoms with Gasteiger partial charge in [-0.2, -0.15) is 0 Å². The number of H-pyrrole nitrogens is 1. The quantitative estimate of drug-likeness (QED) is 0.820. The normalized spacial score (nSPS) is 11.2. The molecular weight excluding hydrogens is 260 g/mol. The van der Waals surface area contributed by atoms with E-state index in [1.807, 2.05) is 29.3 Å². The average molecular weight is 286 g/mol. The van der Waals surface area contributed by atoms with Crippen LogP contribution in [-0.2, 0) is 11.2 Å². The van der Waals surface area contributed by atoms with Gasteiger partial charge in [-0.05, 0) is 24.5 Å². The predicted octanol–water partition coefficient (Wildman–Crippen LogP) is 4.00. The summed E-state index contributed by atoms with van der Waals surface area (Å²) in [6.07, 6.45) is 4.71. The molecule has 1 aromatic carbocycles. The molecule has 1 heterocycles. The number of benzene rings is 1. The van der Waals surface area contributed by atoms with Gasteiger partial charge in [-0.3, -0.25) is 4.79 Å². The molecule has 0 spiro atoms. The zero-order chi connectivity index (χ0) is 15.2. The van der Waals surface area contributed by atoms with Gasteiger partial charge in [-0.15, -0.1) is 0 Å². The maximum absolute atomic E-state index is 12.6. The van der Waals surface area contributed by atoms with Crippen molar-refractivity contribution in [2.24, 2.45) is 5.92 Å². The maximum Gasteiger partial charge on any atom is 0.227 e. The first-order valence-electron chi connectivity index (χ1n) is 8.02. The summed E-state index contributed by atoms with van der Waals surface area (Å²) in [5.41, 5.74) is 2.20. The van der Waals surface area contributed by atoms with Crippen LogP contribution in [0.2, 0.25) is 0 Å². The molecule has 3 nitrogen and oxygen atoms in total. The van der Waals surface area contributed by atoms with Gasteiger partial charge in [-0.25, -0.2) is 0 Å². The number of hydrogen-bond donors (Lipinski definition) is 1. The number of carbonyl (C=O) groups is 1. The number of para-hydroxylation sites is 1. The van der Waals surface area contributed by atoms with Crippen LogP contribution in [0.3, 0.4) is 0 Å². The molecule has 114 valence electrons. The fourth-order valence-corrected chi connectivity index (χ4v) is 2.82. The van der Waals surface area contributed by atoms with E-state index >= 15 is 0 Å². The second kappa shape index (κ2) is 7.30. The van der Waals surface area contributed by atoms with Crippen LogP contribution < -0.4 is 0 Å². The molecule has 0 aliphatic heterocycles. The van der Waals surface area contributed by atoms with Crippen molar-refractivity contribution >= 4 is 16.8 Å². The summed E-state index contributed by atoms with van der Waals surface area (Å²) in [5.74, 6) is 0.839. The van der Waals surface area contributed by atoms with E-state index < -0.39 is 0 Å². The number of aromatic nitrogens is 1. The summed E-state index contributed by atoms with van der Waals surface area (Å²) >= 11 is 0. The van der Waals surface area contributed by atoms with E-state index in [1.165, 1.54) is 0 Å². The van der Waals surface area contributed by atoms with Crippen molar-refractivity contribution in [2.75, 3.05) is 13.1 Å². The summed E-state index contributed by atoms with van der Waals surface area (Å²) in [6, 6.07) is 8.15. The monoisotopic (exact) mass is 286 g/mol. The van der Waals surface area contributed by atoms with E-state index in [4.69, 9.17) is 0 Å². The summed E-state index contributed by atoms with van der Waals surface area (Å²) in [4.78, 5) is 17.8. The number of nitrogens with zero attached hydrogens (tertiary/aromatic N) is 1. The van der Waals surface area contributed by atoms with E-state index in [9.17, 15) is 4.79 Å². The smallest absolute Gasteiger partial charge is 0.227 e. The largest absolute Gasteiger partial charge is 0.361 e. The average Bonchev–Trinajstić information content (AvgIpc) is 2.92. The summed E-state index contributed by atoms with van der Waals surface area (Å²) < 4.78 is 0. The molecule has 0 saturated heterocycles. The topological polar surface area (TPSA) is 36.1 Å². The number of likely N-dealkylation sites (N-methyl/N-ethyl adjacent to an activating group) is 1.